The van der Waals surface area contributed by atoms with E-state index in [0.717, 1.165) is 25.3 Å². The summed E-state index contributed by atoms with van der Waals surface area (Å²) in [6.07, 6.45) is 4.83. The van der Waals surface area contributed by atoms with Gasteiger partial charge in [0.25, 0.3) is 0 Å². The van der Waals surface area contributed by atoms with E-state index in [4.69, 9.17) is 4.74 Å². The van der Waals surface area contributed by atoms with Crippen molar-refractivity contribution < 1.29 is 14.8 Å². The number of hydrogen-bond acceptors (Lipinski definition) is 2. The Labute approximate surface area is 111 Å². The molecule has 0 aromatic rings. The first-order valence-corrected chi connectivity index (χ1v) is 7.43. The van der Waals surface area contributed by atoms with Gasteiger partial charge in [0, 0.05) is 5.41 Å². The van der Waals surface area contributed by atoms with Gasteiger partial charge in [-0.1, -0.05) is 27.7 Å². The second-order valence-electron chi connectivity index (χ2n) is 6.87. The highest BCUT2D eigenvalue weighted by molar-refractivity contribution is 5.70. The standard InChI is InChI=1S/C15H27NO2/c1-5-8-16-10-13(17)18-12-9-11-6-7-15(12,4)14(11,2)3/h11-12,16H,5-10H2,1-4H3/p+1/t11-,12+,15-/m1/s1. The van der Waals surface area contributed by atoms with Gasteiger partial charge in [-0.15, -0.1) is 0 Å². The van der Waals surface area contributed by atoms with Crippen molar-refractivity contribution in [2.75, 3.05) is 13.1 Å². The summed E-state index contributed by atoms with van der Waals surface area (Å²) in [5.41, 5.74) is 0.517. The molecule has 2 bridgehead atoms. The summed E-state index contributed by atoms with van der Waals surface area (Å²) in [4.78, 5) is 11.8. The van der Waals surface area contributed by atoms with Crippen molar-refractivity contribution in [2.24, 2.45) is 16.7 Å². The Balaban J connectivity index is 1.90. The monoisotopic (exact) mass is 254 g/mol. The van der Waals surface area contributed by atoms with Gasteiger partial charge in [0.15, 0.2) is 6.54 Å². The molecule has 3 nitrogen and oxygen atoms in total. The first kappa shape index (κ1) is 13.9. The highest BCUT2D eigenvalue weighted by atomic mass is 16.5. The Morgan fingerprint density at radius 2 is 2.11 bits per heavy atom. The molecule has 0 aromatic carbocycles. The van der Waals surface area contributed by atoms with Crippen LogP contribution in [0.3, 0.4) is 0 Å². The molecule has 2 rings (SSSR count). The van der Waals surface area contributed by atoms with Crippen LogP contribution in [-0.2, 0) is 9.53 Å². The van der Waals surface area contributed by atoms with Crippen LogP contribution in [0.1, 0.15) is 53.4 Å². The van der Waals surface area contributed by atoms with E-state index in [-0.39, 0.29) is 17.5 Å². The summed E-state index contributed by atoms with van der Waals surface area (Å²) in [7, 11) is 0. The molecule has 2 aliphatic carbocycles. The number of esters is 1. The van der Waals surface area contributed by atoms with E-state index in [1.807, 2.05) is 5.32 Å². The molecule has 0 radical (unpaired) electrons. The summed E-state index contributed by atoms with van der Waals surface area (Å²) in [5.74, 6) is 0.706. The van der Waals surface area contributed by atoms with Crippen molar-refractivity contribution >= 4 is 5.97 Å². The lowest BCUT2D eigenvalue weighted by Gasteiger charge is -2.38. The Morgan fingerprint density at radius 1 is 1.39 bits per heavy atom. The predicted molar refractivity (Wildman–Crippen MR) is 71.1 cm³/mol. The van der Waals surface area contributed by atoms with E-state index in [2.05, 4.69) is 27.7 Å². The first-order chi connectivity index (χ1) is 8.41. The Bertz CT molecular complexity index is 326. The molecule has 0 unspecified atom stereocenters. The van der Waals surface area contributed by atoms with Gasteiger partial charge in [-0.2, -0.15) is 0 Å². The fourth-order valence-electron chi connectivity index (χ4n) is 3.94. The van der Waals surface area contributed by atoms with Crippen LogP contribution in [0.4, 0.5) is 0 Å². The van der Waals surface area contributed by atoms with E-state index in [1.165, 1.54) is 12.8 Å². The SMILES string of the molecule is CCC[NH2+]CC(=O)O[C@H]1C[C@H]2CC[C@@]1(C)C2(C)C. The molecule has 2 fully saturated rings. The van der Waals surface area contributed by atoms with E-state index in [9.17, 15) is 4.79 Å². The van der Waals surface area contributed by atoms with E-state index >= 15 is 0 Å². The van der Waals surface area contributed by atoms with Crippen molar-refractivity contribution in [3.63, 3.8) is 0 Å². The van der Waals surface area contributed by atoms with Crippen LogP contribution in [0.2, 0.25) is 0 Å². The number of nitrogens with two attached hydrogens (primary N) is 1. The minimum atomic E-state index is -0.0296. The van der Waals surface area contributed by atoms with Crippen molar-refractivity contribution in [1.82, 2.24) is 0 Å². The minimum absolute atomic E-state index is 0.0296. The minimum Gasteiger partial charge on any atom is -0.458 e. The van der Waals surface area contributed by atoms with Crippen LogP contribution in [-0.4, -0.2) is 25.2 Å². The molecule has 2 N–H and O–H groups in total. The molecule has 3 atom stereocenters. The zero-order chi connectivity index (χ0) is 13.4. The summed E-state index contributed by atoms with van der Waals surface area (Å²) in [5, 5.41) is 2.04. The molecule has 2 saturated carbocycles. The molecule has 0 amide bonds. The van der Waals surface area contributed by atoms with Gasteiger partial charge in [0.1, 0.15) is 6.10 Å². The number of fused-ring (bicyclic) bond motifs is 2. The Hall–Kier alpha value is -0.570. The number of quaternary nitrogens is 1. The molecule has 3 heteroatoms. The topological polar surface area (TPSA) is 42.9 Å². The second kappa shape index (κ2) is 4.84. The molecule has 0 spiro atoms. The highest BCUT2D eigenvalue weighted by Gasteiger charge is 2.62. The molecular weight excluding hydrogens is 226 g/mol. The fourth-order valence-corrected chi connectivity index (χ4v) is 3.94. The molecule has 104 valence electrons. The summed E-state index contributed by atoms with van der Waals surface area (Å²) >= 11 is 0. The number of hydrogen-bond donors (Lipinski definition) is 1. The van der Waals surface area contributed by atoms with Crippen molar-refractivity contribution in [3.05, 3.63) is 0 Å². The lowest BCUT2D eigenvalue weighted by Crippen LogP contribution is -2.86. The molecule has 0 aromatic heterocycles. The van der Waals surface area contributed by atoms with Gasteiger partial charge in [-0.25, -0.2) is 4.79 Å². The van der Waals surface area contributed by atoms with Crippen LogP contribution in [0.25, 0.3) is 0 Å². The Morgan fingerprint density at radius 3 is 2.61 bits per heavy atom. The van der Waals surface area contributed by atoms with Crippen molar-refractivity contribution in [3.8, 4) is 0 Å². The molecule has 0 saturated heterocycles. The van der Waals surface area contributed by atoms with Crippen LogP contribution in [0.5, 0.6) is 0 Å². The van der Waals surface area contributed by atoms with Gasteiger partial charge in [-0.05, 0) is 37.0 Å². The van der Waals surface area contributed by atoms with Crippen molar-refractivity contribution in [2.45, 2.75) is 59.5 Å². The summed E-state index contributed by atoms with van der Waals surface area (Å²) in [6.45, 7) is 10.6. The largest absolute Gasteiger partial charge is 0.458 e. The smallest absolute Gasteiger partial charge is 0.361 e. The van der Waals surface area contributed by atoms with Crippen LogP contribution >= 0.6 is 0 Å². The van der Waals surface area contributed by atoms with Crippen molar-refractivity contribution in [1.29, 1.82) is 0 Å². The highest BCUT2D eigenvalue weighted by Crippen LogP contribution is 2.66. The zero-order valence-corrected chi connectivity index (χ0v) is 12.3. The van der Waals surface area contributed by atoms with E-state index in [1.54, 1.807) is 0 Å². The third-order valence-electron chi connectivity index (χ3n) is 5.79. The average molecular weight is 254 g/mol. The van der Waals surface area contributed by atoms with E-state index in [0.29, 0.717) is 12.0 Å². The second-order valence-corrected chi connectivity index (χ2v) is 6.87. The quantitative estimate of drug-likeness (QED) is 0.599. The third-order valence-corrected chi connectivity index (χ3v) is 5.79. The Kier molecular flexibility index (Phi) is 3.72. The average Bonchev–Trinajstić information content (AvgIpc) is 2.62. The molecular formula is C15H28NO2+. The number of ether oxygens (including phenoxy) is 1. The van der Waals surface area contributed by atoms with Gasteiger partial charge in [0.05, 0.1) is 6.54 Å². The maximum absolute atomic E-state index is 11.8. The number of carbonyl (C=O) groups excluding carboxylic acids is 1. The predicted octanol–water partition coefficient (Wildman–Crippen LogP) is 1.72. The third kappa shape index (κ3) is 2.07. The molecule has 2 aliphatic rings. The number of rotatable bonds is 5. The first-order valence-electron chi connectivity index (χ1n) is 7.43. The van der Waals surface area contributed by atoms with E-state index < -0.39 is 0 Å². The summed E-state index contributed by atoms with van der Waals surface area (Å²) < 4.78 is 5.76. The fraction of sp³-hybridized carbons (Fsp3) is 0.933. The maximum atomic E-state index is 11.8. The normalized spacial score (nSPS) is 36.9. The van der Waals surface area contributed by atoms with Crippen LogP contribution in [0, 0.1) is 16.7 Å². The molecule has 0 aliphatic heterocycles. The van der Waals surface area contributed by atoms with Gasteiger partial charge in [0.2, 0.25) is 0 Å². The van der Waals surface area contributed by atoms with Gasteiger partial charge < -0.3 is 10.1 Å². The van der Waals surface area contributed by atoms with Crippen LogP contribution in [0.15, 0.2) is 0 Å². The van der Waals surface area contributed by atoms with Crippen LogP contribution < -0.4 is 5.32 Å². The van der Waals surface area contributed by atoms with Gasteiger partial charge in [-0.3, -0.25) is 0 Å². The molecule has 0 heterocycles. The maximum Gasteiger partial charge on any atom is 0.361 e. The zero-order valence-electron chi connectivity index (χ0n) is 12.3. The lowest BCUT2D eigenvalue weighted by molar-refractivity contribution is -0.645. The summed E-state index contributed by atoms with van der Waals surface area (Å²) in [6, 6.07) is 0. The molecule has 18 heavy (non-hydrogen) atoms. The van der Waals surface area contributed by atoms with Gasteiger partial charge >= 0.3 is 5.97 Å². The number of carbonyl (C=O) groups is 1. The lowest BCUT2D eigenvalue weighted by atomic mass is 9.70.